The molecule has 2 amide bonds. The van der Waals surface area contributed by atoms with Crippen LogP contribution in [0, 0.1) is 0 Å². The largest absolute Gasteiger partial charge is 0.383 e. The molecule has 1 atom stereocenters. The fourth-order valence-electron chi connectivity index (χ4n) is 3.03. The third kappa shape index (κ3) is 6.08. The first-order valence-electron chi connectivity index (χ1n) is 9.81. The predicted octanol–water partition coefficient (Wildman–Crippen LogP) is 3.59. The van der Waals surface area contributed by atoms with Crippen molar-refractivity contribution in [3.05, 3.63) is 58.9 Å². The number of rotatable bonds is 10. The van der Waals surface area contributed by atoms with Gasteiger partial charge in [-0.15, -0.1) is 0 Å². The Balaban J connectivity index is 2.22. The van der Waals surface area contributed by atoms with Gasteiger partial charge in [-0.3, -0.25) is 9.59 Å². The molecule has 0 bridgehead atoms. The molecule has 2 aromatic rings. The normalized spacial score (nSPS) is 11.9. The second kappa shape index (κ2) is 11.0. The van der Waals surface area contributed by atoms with Crippen molar-refractivity contribution >= 4 is 23.4 Å². The molecule has 1 heterocycles. The monoisotopic (exact) mass is 419 g/mol. The second-order valence-electron chi connectivity index (χ2n) is 7.09. The van der Waals surface area contributed by atoms with Crippen molar-refractivity contribution in [2.24, 2.45) is 7.05 Å². The van der Waals surface area contributed by atoms with E-state index < -0.39 is 0 Å². The Kier molecular flexibility index (Phi) is 8.73. The van der Waals surface area contributed by atoms with Crippen LogP contribution < -0.4 is 0 Å². The summed E-state index contributed by atoms with van der Waals surface area (Å²) in [6, 6.07) is 10.8. The SMILES string of the molecule is CCC(C)N(CC(=O)N(CCOC)Cc1cccn1C)C(=O)c1ccccc1Cl. The minimum absolute atomic E-state index is 0.00675. The van der Waals surface area contributed by atoms with E-state index in [0.717, 1.165) is 12.1 Å². The molecular weight excluding hydrogens is 390 g/mol. The molecule has 1 aromatic carbocycles. The Morgan fingerprint density at radius 3 is 2.52 bits per heavy atom. The first-order valence-corrected chi connectivity index (χ1v) is 10.2. The molecule has 7 heteroatoms. The summed E-state index contributed by atoms with van der Waals surface area (Å²) in [5, 5.41) is 0.387. The summed E-state index contributed by atoms with van der Waals surface area (Å²) >= 11 is 6.23. The van der Waals surface area contributed by atoms with Crippen molar-refractivity contribution in [2.75, 3.05) is 26.8 Å². The molecule has 0 saturated carbocycles. The lowest BCUT2D eigenvalue weighted by Gasteiger charge is -2.31. The summed E-state index contributed by atoms with van der Waals surface area (Å²) in [4.78, 5) is 29.7. The van der Waals surface area contributed by atoms with Crippen molar-refractivity contribution in [1.29, 1.82) is 0 Å². The van der Waals surface area contributed by atoms with Crippen LogP contribution in [0.25, 0.3) is 0 Å². The molecule has 29 heavy (non-hydrogen) atoms. The second-order valence-corrected chi connectivity index (χ2v) is 7.50. The smallest absolute Gasteiger partial charge is 0.256 e. The van der Waals surface area contributed by atoms with Crippen molar-refractivity contribution < 1.29 is 14.3 Å². The van der Waals surface area contributed by atoms with Crippen LogP contribution in [0.3, 0.4) is 0 Å². The van der Waals surface area contributed by atoms with Crippen LogP contribution in [0.4, 0.5) is 0 Å². The maximum atomic E-state index is 13.2. The highest BCUT2D eigenvalue weighted by Crippen LogP contribution is 2.19. The highest BCUT2D eigenvalue weighted by atomic mass is 35.5. The number of benzene rings is 1. The predicted molar refractivity (Wildman–Crippen MR) is 115 cm³/mol. The van der Waals surface area contributed by atoms with Gasteiger partial charge in [-0.2, -0.15) is 0 Å². The summed E-state index contributed by atoms with van der Waals surface area (Å²) in [6.07, 6.45) is 2.68. The van der Waals surface area contributed by atoms with Crippen LogP contribution in [0.1, 0.15) is 36.3 Å². The van der Waals surface area contributed by atoms with Gasteiger partial charge in [0.2, 0.25) is 5.91 Å². The average Bonchev–Trinajstić information content (AvgIpc) is 3.12. The van der Waals surface area contributed by atoms with Crippen LogP contribution in [0.2, 0.25) is 5.02 Å². The van der Waals surface area contributed by atoms with Crippen LogP contribution in [-0.4, -0.2) is 59.0 Å². The van der Waals surface area contributed by atoms with E-state index in [-0.39, 0.29) is 24.4 Å². The molecule has 2 rings (SSSR count). The van der Waals surface area contributed by atoms with Gasteiger partial charge in [0.15, 0.2) is 0 Å². The van der Waals surface area contributed by atoms with Crippen molar-refractivity contribution in [2.45, 2.75) is 32.9 Å². The number of methoxy groups -OCH3 is 1. The van der Waals surface area contributed by atoms with Crippen molar-refractivity contribution in [3.8, 4) is 0 Å². The number of amides is 2. The summed E-state index contributed by atoms with van der Waals surface area (Å²) < 4.78 is 7.16. The molecule has 158 valence electrons. The van der Waals surface area contributed by atoms with Gasteiger partial charge in [0.1, 0.15) is 6.54 Å². The van der Waals surface area contributed by atoms with Gasteiger partial charge in [0.05, 0.1) is 23.7 Å². The molecule has 1 unspecified atom stereocenters. The lowest BCUT2D eigenvalue weighted by atomic mass is 10.1. The lowest BCUT2D eigenvalue weighted by Crippen LogP contribution is -2.47. The summed E-state index contributed by atoms with van der Waals surface area (Å²) in [7, 11) is 3.55. The van der Waals surface area contributed by atoms with Gasteiger partial charge in [-0.05, 0) is 37.6 Å². The molecule has 1 aromatic heterocycles. The van der Waals surface area contributed by atoms with Gasteiger partial charge in [0, 0.05) is 38.6 Å². The van der Waals surface area contributed by atoms with Crippen LogP contribution in [0.15, 0.2) is 42.6 Å². The van der Waals surface area contributed by atoms with Gasteiger partial charge in [0.25, 0.3) is 5.91 Å². The molecule has 0 aliphatic carbocycles. The van der Waals surface area contributed by atoms with E-state index in [2.05, 4.69) is 0 Å². The van der Waals surface area contributed by atoms with Crippen LogP contribution in [-0.2, 0) is 23.1 Å². The first kappa shape index (κ1) is 23.0. The molecule has 0 radical (unpaired) electrons. The molecule has 0 fully saturated rings. The molecular formula is C22H30ClN3O3. The number of ether oxygens (including phenoxy) is 1. The summed E-state index contributed by atoms with van der Waals surface area (Å²) in [5.41, 5.74) is 1.43. The highest BCUT2D eigenvalue weighted by molar-refractivity contribution is 6.33. The minimum Gasteiger partial charge on any atom is -0.383 e. The fourth-order valence-corrected chi connectivity index (χ4v) is 3.25. The molecule has 0 spiro atoms. The maximum Gasteiger partial charge on any atom is 0.256 e. The van der Waals surface area contributed by atoms with E-state index in [1.165, 1.54) is 0 Å². The topological polar surface area (TPSA) is 54.8 Å². The zero-order valence-electron chi connectivity index (χ0n) is 17.6. The average molecular weight is 420 g/mol. The number of carbonyl (C=O) groups excluding carboxylic acids is 2. The zero-order valence-corrected chi connectivity index (χ0v) is 18.4. The molecule has 0 N–H and O–H groups in total. The Bertz CT molecular complexity index is 821. The Hall–Kier alpha value is -2.31. The number of nitrogens with zero attached hydrogens (tertiary/aromatic N) is 3. The molecule has 0 aliphatic heterocycles. The van der Waals surface area contributed by atoms with E-state index >= 15 is 0 Å². The number of halogens is 1. The van der Waals surface area contributed by atoms with Gasteiger partial charge >= 0.3 is 0 Å². The maximum absolute atomic E-state index is 13.2. The lowest BCUT2D eigenvalue weighted by molar-refractivity contribution is -0.133. The quantitative estimate of drug-likeness (QED) is 0.591. The van der Waals surface area contributed by atoms with Crippen LogP contribution >= 0.6 is 11.6 Å². The first-order chi connectivity index (χ1) is 13.9. The van der Waals surface area contributed by atoms with Crippen molar-refractivity contribution in [1.82, 2.24) is 14.4 Å². The number of hydrogen-bond acceptors (Lipinski definition) is 3. The summed E-state index contributed by atoms with van der Waals surface area (Å²) in [5.74, 6) is -0.354. The number of carbonyl (C=O) groups is 2. The van der Waals surface area contributed by atoms with E-state index in [4.69, 9.17) is 16.3 Å². The third-order valence-electron chi connectivity index (χ3n) is 5.12. The van der Waals surface area contributed by atoms with E-state index in [9.17, 15) is 9.59 Å². The van der Waals surface area contributed by atoms with Gasteiger partial charge in [-0.1, -0.05) is 30.7 Å². The zero-order chi connectivity index (χ0) is 21.4. The molecule has 0 aliphatic rings. The minimum atomic E-state index is -0.233. The van der Waals surface area contributed by atoms with E-state index in [1.54, 1.807) is 41.2 Å². The van der Waals surface area contributed by atoms with E-state index in [0.29, 0.717) is 30.3 Å². The summed E-state index contributed by atoms with van der Waals surface area (Å²) in [6.45, 7) is 5.27. The van der Waals surface area contributed by atoms with Gasteiger partial charge < -0.3 is 19.1 Å². The number of aryl methyl sites for hydroxylation is 1. The third-order valence-corrected chi connectivity index (χ3v) is 5.45. The molecule has 0 saturated heterocycles. The Morgan fingerprint density at radius 2 is 1.93 bits per heavy atom. The number of hydrogen-bond donors (Lipinski definition) is 0. The van der Waals surface area contributed by atoms with Crippen LogP contribution in [0.5, 0.6) is 0 Å². The number of aromatic nitrogens is 1. The fraction of sp³-hybridized carbons (Fsp3) is 0.455. The van der Waals surface area contributed by atoms with Crippen molar-refractivity contribution in [3.63, 3.8) is 0 Å². The highest BCUT2D eigenvalue weighted by Gasteiger charge is 2.27. The molecule has 6 nitrogen and oxygen atoms in total. The standard InChI is InChI=1S/C22H30ClN3O3/c1-5-17(2)26(22(28)19-10-6-7-11-20(19)23)16-21(27)25(13-14-29-4)15-18-9-8-12-24(18)3/h6-12,17H,5,13-16H2,1-4H3. The van der Waals surface area contributed by atoms with Gasteiger partial charge in [-0.25, -0.2) is 0 Å². The Morgan fingerprint density at radius 1 is 1.21 bits per heavy atom. The van der Waals surface area contributed by atoms with E-state index in [1.807, 2.05) is 43.8 Å². The Labute approximate surface area is 178 Å².